The van der Waals surface area contributed by atoms with Crippen LogP contribution in [0.25, 0.3) is 6.08 Å². The van der Waals surface area contributed by atoms with E-state index in [0.29, 0.717) is 0 Å². The number of unbranched alkanes of at least 4 members (excludes halogenated alkanes) is 7. The molecule has 0 saturated carbocycles. The van der Waals surface area contributed by atoms with Gasteiger partial charge < -0.3 is 11.1 Å². The van der Waals surface area contributed by atoms with Crippen molar-refractivity contribution in [2.24, 2.45) is 5.73 Å². The molecule has 0 heterocycles. The van der Waals surface area contributed by atoms with Crippen molar-refractivity contribution in [3.8, 4) is 0 Å². The number of aryl methyl sites for hydroxylation is 1. The molecule has 0 aliphatic heterocycles. The third-order valence-corrected chi connectivity index (χ3v) is 8.14. The van der Waals surface area contributed by atoms with Crippen molar-refractivity contribution >= 4 is 22.1 Å². The van der Waals surface area contributed by atoms with E-state index in [1.54, 1.807) is 18.2 Å². The highest BCUT2D eigenvalue weighted by Gasteiger charge is 2.42. The fourth-order valence-corrected chi connectivity index (χ4v) is 5.25. The number of hydrogen-bond donors (Lipinski definition) is 3. The van der Waals surface area contributed by atoms with Crippen LogP contribution in [0.1, 0.15) is 109 Å². The average Bonchev–Trinajstić information content (AvgIpc) is 2.89. The summed E-state index contributed by atoms with van der Waals surface area (Å²) >= 11 is 0. The predicted octanol–water partition coefficient (Wildman–Crippen LogP) is 7.86. The maximum absolute atomic E-state index is 12.7. The summed E-state index contributed by atoms with van der Waals surface area (Å²) in [5, 5.41) is 3.31. The molecule has 6 nitrogen and oxygen atoms in total. The molecule has 1 atom stereocenters. The van der Waals surface area contributed by atoms with Crippen LogP contribution < -0.4 is 11.1 Å². The van der Waals surface area contributed by atoms with Gasteiger partial charge in [-0.2, -0.15) is 8.42 Å². The molecule has 2 aromatic rings. The van der Waals surface area contributed by atoms with Crippen molar-refractivity contribution in [2.75, 3.05) is 0 Å². The number of benzene rings is 2. The Morgan fingerprint density at radius 2 is 1.40 bits per heavy atom. The van der Waals surface area contributed by atoms with Gasteiger partial charge >= 0.3 is 0 Å². The fraction of sp³-hybridized carbons (Fsp3) is 0.545. The summed E-state index contributed by atoms with van der Waals surface area (Å²) in [6.07, 6.45) is 16.6. The molecule has 0 saturated heterocycles. The van der Waals surface area contributed by atoms with Gasteiger partial charge in [-0.15, -0.1) is 0 Å². The highest BCUT2D eigenvalue weighted by molar-refractivity contribution is 7.85. The van der Waals surface area contributed by atoms with Gasteiger partial charge in [-0.05, 0) is 57.4 Å². The smallest absolute Gasteiger partial charge is 0.294 e. The minimum atomic E-state index is -4.02. The van der Waals surface area contributed by atoms with Gasteiger partial charge in [0.05, 0.1) is 10.4 Å². The minimum Gasteiger partial charge on any atom is -0.345 e. The molecule has 0 radical (unpaired) electrons. The Labute approximate surface area is 243 Å². The van der Waals surface area contributed by atoms with Crippen molar-refractivity contribution in [1.29, 1.82) is 0 Å². The lowest BCUT2D eigenvalue weighted by Gasteiger charge is -2.45. The average molecular weight is 573 g/mol. The zero-order valence-electron chi connectivity index (χ0n) is 25.3. The zero-order chi connectivity index (χ0) is 30.1. The van der Waals surface area contributed by atoms with Gasteiger partial charge in [0, 0.05) is 11.6 Å². The van der Waals surface area contributed by atoms with Crippen molar-refractivity contribution in [2.45, 2.75) is 121 Å². The van der Waals surface area contributed by atoms with Crippen molar-refractivity contribution < 1.29 is 17.8 Å². The van der Waals surface area contributed by atoms with E-state index < -0.39 is 15.7 Å². The topological polar surface area (TPSA) is 109 Å². The number of amides is 1. The largest absolute Gasteiger partial charge is 0.345 e. The van der Waals surface area contributed by atoms with Gasteiger partial charge in [0.15, 0.2) is 0 Å². The van der Waals surface area contributed by atoms with Crippen LogP contribution in [0.2, 0.25) is 0 Å². The summed E-state index contributed by atoms with van der Waals surface area (Å²) in [4.78, 5) is 12.7. The predicted molar refractivity (Wildman–Crippen MR) is 168 cm³/mol. The maximum Gasteiger partial charge on any atom is 0.294 e. The molecule has 224 valence electrons. The molecule has 1 unspecified atom stereocenters. The number of carbonyl (C=O) groups is 1. The second-order valence-corrected chi connectivity index (χ2v) is 12.7. The third-order valence-electron chi connectivity index (χ3n) is 7.28. The molecule has 0 aliphatic rings. The van der Waals surface area contributed by atoms with Crippen molar-refractivity contribution in [1.82, 2.24) is 5.32 Å². The van der Waals surface area contributed by atoms with Crippen LogP contribution in [0.3, 0.4) is 0 Å². The Morgan fingerprint density at radius 3 is 1.90 bits per heavy atom. The van der Waals surface area contributed by atoms with Crippen LogP contribution >= 0.6 is 0 Å². The van der Waals surface area contributed by atoms with Gasteiger partial charge in [0.2, 0.25) is 5.91 Å². The molecule has 0 fully saturated rings. The summed E-state index contributed by atoms with van der Waals surface area (Å²) in [6.45, 7) is 10.4. The molecule has 40 heavy (non-hydrogen) atoms. The van der Waals surface area contributed by atoms with Gasteiger partial charge in [0.25, 0.3) is 10.1 Å². The molecule has 4 N–H and O–H groups in total. The van der Waals surface area contributed by atoms with Crippen LogP contribution in [0.4, 0.5) is 0 Å². The lowest BCUT2D eigenvalue weighted by atomic mass is 9.73. The molecule has 0 spiro atoms. The summed E-state index contributed by atoms with van der Waals surface area (Å²) in [7, 11) is -4.02. The Kier molecular flexibility index (Phi) is 16.0. The molecule has 0 bridgehead atoms. The number of nitrogens with one attached hydrogen (secondary N) is 1. The van der Waals surface area contributed by atoms with Gasteiger partial charge in [-0.1, -0.05) is 120 Å². The standard InChI is InChI=1S/C26H44N2O.C7H8O3S/c1-5-7-8-9-10-11-12-16-22-26(21-6-2,25(3,4)27)28-24(29)20-19-23-17-14-13-15-18-23;1-6-2-4-7(5-3-6)11(8,9)10/h13-15,17-20H,5-12,16,21-22,27H2,1-4H3,(H,28,29);2-5H,1H3,(H,8,9,10). The second-order valence-electron chi connectivity index (χ2n) is 11.3. The molecule has 0 aliphatic carbocycles. The first-order valence-corrected chi connectivity index (χ1v) is 16.2. The first-order chi connectivity index (χ1) is 18.8. The monoisotopic (exact) mass is 572 g/mol. The third kappa shape index (κ3) is 13.7. The summed E-state index contributed by atoms with van der Waals surface area (Å²) in [5.41, 5.74) is 7.75. The van der Waals surface area contributed by atoms with E-state index >= 15 is 0 Å². The lowest BCUT2D eigenvalue weighted by molar-refractivity contribution is -0.119. The van der Waals surface area contributed by atoms with Crippen molar-refractivity contribution in [3.63, 3.8) is 0 Å². The van der Waals surface area contributed by atoms with Gasteiger partial charge in [-0.25, -0.2) is 0 Å². The SMILES string of the molecule is CCCCCCCCCCC(CCC)(NC(=O)C=Cc1ccccc1)C(C)(C)N.Cc1ccc(S(=O)(=O)O)cc1. The quantitative estimate of drug-likeness (QED) is 0.108. The van der Waals surface area contributed by atoms with Crippen LogP contribution in [0.5, 0.6) is 0 Å². The Hall–Kier alpha value is -2.48. The second kappa shape index (κ2) is 18.1. The Balaban J connectivity index is 0.000000603. The van der Waals surface area contributed by atoms with E-state index in [0.717, 1.165) is 36.8 Å². The number of rotatable bonds is 16. The first-order valence-electron chi connectivity index (χ1n) is 14.7. The van der Waals surface area contributed by atoms with Crippen LogP contribution in [0, 0.1) is 6.92 Å². The Morgan fingerprint density at radius 1 is 0.850 bits per heavy atom. The van der Waals surface area contributed by atoms with E-state index in [2.05, 4.69) is 33.0 Å². The van der Waals surface area contributed by atoms with E-state index in [1.807, 2.05) is 43.3 Å². The molecule has 0 aromatic heterocycles. The molecule has 1 amide bonds. The van der Waals surface area contributed by atoms with E-state index in [4.69, 9.17) is 10.3 Å². The van der Waals surface area contributed by atoms with Gasteiger partial charge in [-0.3, -0.25) is 9.35 Å². The van der Waals surface area contributed by atoms with Gasteiger partial charge in [0.1, 0.15) is 0 Å². The summed E-state index contributed by atoms with van der Waals surface area (Å²) in [5.74, 6) is -0.0552. The summed E-state index contributed by atoms with van der Waals surface area (Å²) < 4.78 is 29.6. The molecule has 2 aromatic carbocycles. The van der Waals surface area contributed by atoms with Crippen LogP contribution in [-0.2, 0) is 14.9 Å². The van der Waals surface area contributed by atoms with Crippen LogP contribution in [0.15, 0.2) is 65.6 Å². The summed E-state index contributed by atoms with van der Waals surface area (Å²) in [6, 6.07) is 15.9. The van der Waals surface area contributed by atoms with E-state index in [1.165, 1.54) is 57.1 Å². The highest BCUT2D eigenvalue weighted by atomic mass is 32.2. The van der Waals surface area contributed by atoms with E-state index in [-0.39, 0.29) is 16.3 Å². The molecule has 7 heteroatoms. The van der Waals surface area contributed by atoms with Crippen molar-refractivity contribution in [3.05, 3.63) is 71.8 Å². The maximum atomic E-state index is 12.7. The number of nitrogens with two attached hydrogens (primary N) is 1. The van der Waals surface area contributed by atoms with E-state index in [9.17, 15) is 13.2 Å². The molecular weight excluding hydrogens is 520 g/mol. The zero-order valence-corrected chi connectivity index (χ0v) is 26.1. The molecule has 2 rings (SSSR count). The lowest BCUT2D eigenvalue weighted by Crippen LogP contribution is -2.65. The minimum absolute atomic E-state index is 0.0552. The number of carbonyl (C=O) groups excluding carboxylic acids is 1. The number of hydrogen-bond acceptors (Lipinski definition) is 4. The van der Waals surface area contributed by atoms with Crippen LogP contribution in [-0.4, -0.2) is 30.0 Å². The Bertz CT molecular complexity index is 1110. The first kappa shape index (κ1) is 35.5. The fourth-order valence-electron chi connectivity index (χ4n) is 4.77. The highest BCUT2D eigenvalue weighted by Crippen LogP contribution is 2.31. The molecular formula is C33H52N2O4S. The normalized spacial score (nSPS) is 13.4.